The molecule has 2 N–H and O–H groups in total. The van der Waals surface area contributed by atoms with Crippen molar-refractivity contribution in [1.82, 2.24) is 5.32 Å². The van der Waals surface area contributed by atoms with E-state index in [2.05, 4.69) is 26.1 Å². The molecule has 1 aliphatic carbocycles. The molecule has 21 heavy (non-hydrogen) atoms. The molecule has 0 spiro atoms. The summed E-state index contributed by atoms with van der Waals surface area (Å²) < 4.78 is 5.22. The van der Waals surface area contributed by atoms with Gasteiger partial charge in [-0.2, -0.15) is 0 Å². The first kappa shape index (κ1) is 15.8. The van der Waals surface area contributed by atoms with Crippen LogP contribution in [0.1, 0.15) is 39.2 Å². The van der Waals surface area contributed by atoms with Crippen molar-refractivity contribution < 1.29 is 14.6 Å². The Morgan fingerprint density at radius 3 is 2.48 bits per heavy atom. The topological polar surface area (TPSA) is 58.6 Å². The third-order valence-corrected chi connectivity index (χ3v) is 4.38. The number of benzene rings is 1. The van der Waals surface area contributed by atoms with Gasteiger partial charge in [-0.1, -0.05) is 51.1 Å². The van der Waals surface area contributed by atoms with Crippen LogP contribution >= 0.6 is 0 Å². The number of rotatable bonds is 4. The Kier molecular flexibility index (Phi) is 4.57. The van der Waals surface area contributed by atoms with Crippen LogP contribution in [0.3, 0.4) is 0 Å². The molecule has 0 aliphatic heterocycles. The summed E-state index contributed by atoms with van der Waals surface area (Å²) in [6, 6.07) is 9.56. The second kappa shape index (κ2) is 6.06. The highest BCUT2D eigenvalue weighted by atomic mass is 16.5. The Labute approximate surface area is 126 Å². The van der Waals surface area contributed by atoms with Crippen molar-refractivity contribution in [3.8, 4) is 0 Å². The van der Waals surface area contributed by atoms with E-state index in [4.69, 9.17) is 4.74 Å². The second-order valence-electron chi connectivity index (χ2n) is 7.10. The average molecular weight is 291 g/mol. The van der Waals surface area contributed by atoms with Gasteiger partial charge >= 0.3 is 6.09 Å². The molecule has 0 heterocycles. The molecular weight excluding hydrogens is 266 g/mol. The first-order valence-corrected chi connectivity index (χ1v) is 7.44. The largest absolute Gasteiger partial charge is 0.445 e. The van der Waals surface area contributed by atoms with Gasteiger partial charge in [0.05, 0.1) is 12.1 Å². The van der Waals surface area contributed by atoms with Gasteiger partial charge in [0.25, 0.3) is 0 Å². The zero-order chi connectivity index (χ0) is 15.5. The average Bonchev–Trinajstić information content (AvgIpc) is 2.40. The van der Waals surface area contributed by atoms with E-state index in [0.29, 0.717) is 5.92 Å². The van der Waals surface area contributed by atoms with Crippen LogP contribution in [0.4, 0.5) is 4.79 Å². The Morgan fingerprint density at radius 1 is 1.33 bits per heavy atom. The minimum absolute atomic E-state index is 0.0416. The van der Waals surface area contributed by atoms with Crippen LogP contribution in [0, 0.1) is 11.3 Å². The van der Waals surface area contributed by atoms with Gasteiger partial charge in [-0.05, 0) is 29.7 Å². The van der Waals surface area contributed by atoms with Crippen LogP contribution in [-0.2, 0) is 11.3 Å². The maximum Gasteiger partial charge on any atom is 0.407 e. The molecule has 0 radical (unpaired) electrons. The summed E-state index contributed by atoms with van der Waals surface area (Å²) in [6.45, 7) is 6.77. The van der Waals surface area contributed by atoms with Crippen molar-refractivity contribution in [2.45, 2.75) is 45.8 Å². The van der Waals surface area contributed by atoms with E-state index < -0.39 is 11.6 Å². The number of hydrogen-bond acceptors (Lipinski definition) is 3. The molecule has 0 unspecified atom stereocenters. The van der Waals surface area contributed by atoms with E-state index >= 15 is 0 Å². The van der Waals surface area contributed by atoms with Crippen LogP contribution < -0.4 is 5.32 Å². The summed E-state index contributed by atoms with van der Waals surface area (Å²) in [6.07, 6.45) is 1.14. The lowest BCUT2D eigenvalue weighted by atomic mass is 9.59. The van der Waals surface area contributed by atoms with Gasteiger partial charge in [0.1, 0.15) is 6.61 Å². The van der Waals surface area contributed by atoms with E-state index in [1.807, 2.05) is 30.3 Å². The van der Waals surface area contributed by atoms with E-state index in [9.17, 15) is 9.90 Å². The Balaban J connectivity index is 1.82. The van der Waals surface area contributed by atoms with Crippen LogP contribution in [0.15, 0.2) is 30.3 Å². The Hall–Kier alpha value is -1.55. The van der Waals surface area contributed by atoms with E-state index in [-0.39, 0.29) is 18.6 Å². The summed E-state index contributed by atoms with van der Waals surface area (Å²) in [5, 5.41) is 12.4. The zero-order valence-corrected chi connectivity index (χ0v) is 13.1. The molecule has 1 aromatic carbocycles. The number of alkyl carbamates (subject to hydrolysis) is 1. The van der Waals surface area contributed by atoms with Crippen LogP contribution in [0.2, 0.25) is 0 Å². The van der Waals surface area contributed by atoms with Crippen LogP contribution in [0.5, 0.6) is 0 Å². The fourth-order valence-corrected chi connectivity index (χ4v) is 2.74. The SMILES string of the molecule is CC(C)(C)C1CC(CO)(NC(=O)OCc2ccccc2)C1. The minimum Gasteiger partial charge on any atom is -0.445 e. The maximum absolute atomic E-state index is 11.9. The number of carbonyl (C=O) groups excluding carboxylic acids is 1. The molecule has 0 aromatic heterocycles. The lowest BCUT2D eigenvalue weighted by Crippen LogP contribution is -2.62. The molecule has 116 valence electrons. The van der Waals surface area contributed by atoms with E-state index in [0.717, 1.165) is 18.4 Å². The van der Waals surface area contributed by atoms with Gasteiger partial charge in [0.15, 0.2) is 0 Å². The summed E-state index contributed by atoms with van der Waals surface area (Å²) in [4.78, 5) is 11.9. The fraction of sp³-hybridized carbons (Fsp3) is 0.588. The van der Waals surface area contributed by atoms with Crippen molar-refractivity contribution in [2.75, 3.05) is 6.61 Å². The first-order valence-electron chi connectivity index (χ1n) is 7.44. The van der Waals surface area contributed by atoms with Gasteiger partial charge in [0.2, 0.25) is 0 Å². The lowest BCUT2D eigenvalue weighted by Gasteiger charge is -2.51. The minimum atomic E-state index is -0.508. The third-order valence-electron chi connectivity index (χ3n) is 4.38. The summed E-state index contributed by atoms with van der Waals surface area (Å²) >= 11 is 0. The number of carbonyl (C=O) groups is 1. The van der Waals surface area contributed by atoms with Crippen molar-refractivity contribution in [3.63, 3.8) is 0 Å². The fourth-order valence-electron chi connectivity index (χ4n) is 2.74. The van der Waals surface area contributed by atoms with Crippen LogP contribution in [-0.4, -0.2) is 23.3 Å². The molecule has 1 saturated carbocycles. The Bertz CT molecular complexity index is 473. The number of amides is 1. The Morgan fingerprint density at radius 2 is 1.95 bits per heavy atom. The van der Waals surface area contributed by atoms with Crippen molar-refractivity contribution in [1.29, 1.82) is 0 Å². The van der Waals surface area contributed by atoms with Crippen LogP contribution in [0.25, 0.3) is 0 Å². The lowest BCUT2D eigenvalue weighted by molar-refractivity contribution is -0.0125. The summed E-state index contributed by atoms with van der Waals surface area (Å²) in [5.74, 6) is 0.513. The van der Waals surface area contributed by atoms with Gasteiger partial charge < -0.3 is 15.2 Å². The molecule has 0 saturated heterocycles. The van der Waals surface area contributed by atoms with Gasteiger partial charge in [-0.25, -0.2) is 4.79 Å². The second-order valence-corrected chi connectivity index (χ2v) is 7.10. The summed E-state index contributed by atoms with van der Waals surface area (Å²) in [7, 11) is 0. The number of aliphatic hydroxyl groups is 1. The van der Waals surface area contributed by atoms with Crippen molar-refractivity contribution in [2.24, 2.45) is 11.3 Å². The molecule has 0 atom stereocenters. The quantitative estimate of drug-likeness (QED) is 0.896. The first-order chi connectivity index (χ1) is 9.85. The normalized spacial score (nSPS) is 25.0. The molecule has 4 heteroatoms. The monoisotopic (exact) mass is 291 g/mol. The molecule has 1 fully saturated rings. The van der Waals surface area contributed by atoms with E-state index in [1.54, 1.807) is 0 Å². The van der Waals surface area contributed by atoms with E-state index in [1.165, 1.54) is 0 Å². The zero-order valence-electron chi connectivity index (χ0n) is 13.1. The molecule has 1 aromatic rings. The maximum atomic E-state index is 11.9. The number of aliphatic hydroxyl groups excluding tert-OH is 1. The van der Waals surface area contributed by atoms with Crippen molar-refractivity contribution in [3.05, 3.63) is 35.9 Å². The molecule has 1 amide bonds. The number of ether oxygens (including phenoxy) is 1. The van der Waals surface area contributed by atoms with Gasteiger partial charge in [-0.15, -0.1) is 0 Å². The third kappa shape index (κ3) is 3.97. The predicted molar refractivity (Wildman–Crippen MR) is 81.8 cm³/mol. The molecule has 2 rings (SSSR count). The summed E-state index contributed by atoms with van der Waals surface area (Å²) in [5.41, 5.74) is 0.645. The smallest absolute Gasteiger partial charge is 0.407 e. The molecule has 1 aliphatic rings. The molecule has 4 nitrogen and oxygen atoms in total. The predicted octanol–water partition coefficient (Wildman–Crippen LogP) is 3.10. The highest BCUT2D eigenvalue weighted by Crippen LogP contribution is 2.47. The number of hydrogen-bond donors (Lipinski definition) is 2. The highest BCUT2D eigenvalue weighted by molar-refractivity contribution is 5.68. The molecular formula is C17H25NO3. The standard InChI is InChI=1S/C17H25NO3/c1-16(2,3)14-9-17(10-14,12-19)18-15(20)21-11-13-7-5-4-6-8-13/h4-8,14,19H,9-12H2,1-3H3,(H,18,20). The number of nitrogens with one attached hydrogen (secondary N) is 1. The van der Waals surface area contributed by atoms with Crippen molar-refractivity contribution >= 4 is 6.09 Å². The highest BCUT2D eigenvalue weighted by Gasteiger charge is 2.49. The molecule has 0 bridgehead atoms. The van der Waals surface area contributed by atoms with Gasteiger partial charge in [-0.3, -0.25) is 0 Å². The van der Waals surface area contributed by atoms with Gasteiger partial charge in [0, 0.05) is 0 Å².